The standard InChI is InChI=1S/C11H10N2O2S2/c1-15-10(14)8-6-7(12)2-3-9(8)17-11-13-4-5-16-11/h2-6H,12H2,1H3. The Kier molecular flexibility index (Phi) is 3.65. The molecule has 0 aliphatic heterocycles. The van der Waals surface area contributed by atoms with E-state index in [1.165, 1.54) is 30.2 Å². The number of esters is 1. The van der Waals surface area contributed by atoms with Gasteiger partial charge in [0.15, 0.2) is 4.34 Å². The van der Waals surface area contributed by atoms with Crippen LogP contribution < -0.4 is 5.73 Å². The van der Waals surface area contributed by atoms with Gasteiger partial charge in [-0.3, -0.25) is 0 Å². The number of hydrogen-bond donors (Lipinski definition) is 1. The lowest BCUT2D eigenvalue weighted by molar-refractivity contribution is 0.0597. The van der Waals surface area contributed by atoms with E-state index < -0.39 is 5.97 Å². The summed E-state index contributed by atoms with van der Waals surface area (Å²) in [6, 6.07) is 5.16. The van der Waals surface area contributed by atoms with E-state index in [2.05, 4.69) is 4.98 Å². The highest BCUT2D eigenvalue weighted by Gasteiger charge is 2.14. The maximum atomic E-state index is 11.6. The fourth-order valence-electron chi connectivity index (χ4n) is 1.26. The first-order chi connectivity index (χ1) is 8.20. The van der Waals surface area contributed by atoms with Crippen LogP contribution in [0, 0.1) is 0 Å². The van der Waals surface area contributed by atoms with Crippen LogP contribution in [0.25, 0.3) is 0 Å². The summed E-state index contributed by atoms with van der Waals surface area (Å²) >= 11 is 2.94. The van der Waals surface area contributed by atoms with Crippen molar-refractivity contribution in [3.63, 3.8) is 0 Å². The molecule has 0 saturated heterocycles. The van der Waals surface area contributed by atoms with Crippen LogP contribution in [0.2, 0.25) is 0 Å². The molecule has 0 saturated carbocycles. The number of hydrogen-bond acceptors (Lipinski definition) is 6. The fraction of sp³-hybridized carbons (Fsp3) is 0.0909. The molecule has 17 heavy (non-hydrogen) atoms. The SMILES string of the molecule is COC(=O)c1cc(N)ccc1Sc1nccs1. The Labute approximate surface area is 107 Å². The van der Waals surface area contributed by atoms with Crippen molar-refractivity contribution < 1.29 is 9.53 Å². The number of rotatable bonds is 3. The van der Waals surface area contributed by atoms with Crippen LogP contribution in [0.5, 0.6) is 0 Å². The first kappa shape index (κ1) is 11.9. The minimum atomic E-state index is -0.392. The van der Waals surface area contributed by atoms with Crippen LogP contribution in [0.15, 0.2) is 39.0 Å². The number of anilines is 1. The van der Waals surface area contributed by atoms with Crippen molar-refractivity contribution in [1.82, 2.24) is 4.98 Å². The minimum Gasteiger partial charge on any atom is -0.465 e. The molecule has 0 atom stereocenters. The molecule has 0 fully saturated rings. The van der Waals surface area contributed by atoms with Gasteiger partial charge in [-0.2, -0.15) is 0 Å². The third-order valence-corrected chi connectivity index (χ3v) is 3.98. The zero-order valence-electron chi connectivity index (χ0n) is 9.04. The van der Waals surface area contributed by atoms with Gasteiger partial charge in [0.05, 0.1) is 12.7 Å². The Morgan fingerprint density at radius 2 is 2.35 bits per heavy atom. The van der Waals surface area contributed by atoms with Gasteiger partial charge in [0.25, 0.3) is 0 Å². The second kappa shape index (κ2) is 5.20. The first-order valence-electron chi connectivity index (χ1n) is 4.76. The number of nitrogens with zero attached hydrogens (tertiary/aromatic N) is 1. The number of benzene rings is 1. The Morgan fingerprint density at radius 1 is 1.53 bits per heavy atom. The van der Waals surface area contributed by atoms with Crippen molar-refractivity contribution in [2.24, 2.45) is 0 Å². The molecule has 6 heteroatoms. The zero-order valence-corrected chi connectivity index (χ0v) is 10.7. The zero-order chi connectivity index (χ0) is 12.3. The molecule has 2 aromatic rings. The van der Waals surface area contributed by atoms with E-state index in [0.29, 0.717) is 11.3 Å². The van der Waals surface area contributed by atoms with E-state index in [9.17, 15) is 4.79 Å². The highest BCUT2D eigenvalue weighted by atomic mass is 32.2. The fourth-order valence-corrected chi connectivity index (χ4v) is 2.94. The molecule has 0 aliphatic rings. The van der Waals surface area contributed by atoms with Crippen molar-refractivity contribution in [3.05, 3.63) is 35.3 Å². The van der Waals surface area contributed by atoms with Crippen LogP contribution in [0.4, 0.5) is 5.69 Å². The molecule has 88 valence electrons. The van der Waals surface area contributed by atoms with Gasteiger partial charge in [0.2, 0.25) is 0 Å². The monoisotopic (exact) mass is 266 g/mol. The molecule has 0 bridgehead atoms. The molecule has 2 rings (SSSR count). The van der Waals surface area contributed by atoms with Gasteiger partial charge in [-0.1, -0.05) is 11.8 Å². The molecular weight excluding hydrogens is 256 g/mol. The third kappa shape index (κ3) is 2.78. The Morgan fingerprint density at radius 3 is 3.00 bits per heavy atom. The lowest BCUT2D eigenvalue weighted by atomic mass is 10.2. The van der Waals surface area contributed by atoms with Crippen LogP contribution >= 0.6 is 23.1 Å². The van der Waals surface area contributed by atoms with Gasteiger partial charge < -0.3 is 10.5 Å². The summed E-state index contributed by atoms with van der Waals surface area (Å²) in [5.74, 6) is -0.392. The van der Waals surface area contributed by atoms with Crippen LogP contribution in [-0.4, -0.2) is 18.1 Å². The molecular formula is C11H10N2O2S2. The van der Waals surface area contributed by atoms with Crippen molar-refractivity contribution in [3.8, 4) is 0 Å². The number of ether oxygens (including phenoxy) is 1. The smallest absolute Gasteiger partial charge is 0.339 e. The average molecular weight is 266 g/mol. The molecule has 4 nitrogen and oxygen atoms in total. The number of carbonyl (C=O) groups excluding carboxylic acids is 1. The largest absolute Gasteiger partial charge is 0.465 e. The predicted octanol–water partition coefficient (Wildman–Crippen LogP) is 2.66. The van der Waals surface area contributed by atoms with Gasteiger partial charge in [0.1, 0.15) is 0 Å². The molecule has 0 spiro atoms. The lowest BCUT2D eigenvalue weighted by Gasteiger charge is -2.06. The molecule has 0 aliphatic carbocycles. The van der Waals surface area contributed by atoms with E-state index in [0.717, 1.165) is 9.24 Å². The van der Waals surface area contributed by atoms with E-state index in [1.807, 2.05) is 5.38 Å². The summed E-state index contributed by atoms with van der Waals surface area (Å²) in [5, 5.41) is 1.89. The van der Waals surface area contributed by atoms with Crippen LogP contribution in [0.1, 0.15) is 10.4 Å². The molecule has 0 amide bonds. The molecule has 0 unspecified atom stereocenters. The molecule has 0 radical (unpaired) electrons. The van der Waals surface area contributed by atoms with E-state index >= 15 is 0 Å². The summed E-state index contributed by atoms with van der Waals surface area (Å²) < 4.78 is 5.60. The van der Waals surface area contributed by atoms with Crippen LogP contribution in [-0.2, 0) is 4.74 Å². The van der Waals surface area contributed by atoms with Crippen molar-refractivity contribution in [2.75, 3.05) is 12.8 Å². The Hall–Kier alpha value is -1.53. The normalized spacial score (nSPS) is 10.2. The van der Waals surface area contributed by atoms with Gasteiger partial charge in [-0.25, -0.2) is 9.78 Å². The first-order valence-corrected chi connectivity index (χ1v) is 6.45. The maximum Gasteiger partial charge on any atom is 0.339 e. The second-order valence-electron chi connectivity index (χ2n) is 3.15. The predicted molar refractivity (Wildman–Crippen MR) is 68.4 cm³/mol. The lowest BCUT2D eigenvalue weighted by Crippen LogP contribution is -2.04. The number of nitrogen functional groups attached to an aromatic ring is 1. The summed E-state index contributed by atoms with van der Waals surface area (Å²) in [6.07, 6.45) is 1.72. The van der Waals surface area contributed by atoms with E-state index in [1.54, 1.807) is 24.4 Å². The molecule has 1 aromatic heterocycles. The van der Waals surface area contributed by atoms with Crippen molar-refractivity contribution >= 4 is 34.8 Å². The summed E-state index contributed by atoms with van der Waals surface area (Å²) in [6.45, 7) is 0. The summed E-state index contributed by atoms with van der Waals surface area (Å²) in [7, 11) is 1.35. The number of carbonyl (C=O) groups is 1. The summed E-state index contributed by atoms with van der Waals surface area (Å²) in [5.41, 5.74) is 6.66. The average Bonchev–Trinajstić information content (AvgIpc) is 2.83. The van der Waals surface area contributed by atoms with Crippen LogP contribution in [0.3, 0.4) is 0 Å². The number of methoxy groups -OCH3 is 1. The second-order valence-corrected chi connectivity index (χ2v) is 5.33. The van der Waals surface area contributed by atoms with E-state index in [-0.39, 0.29) is 0 Å². The van der Waals surface area contributed by atoms with Gasteiger partial charge >= 0.3 is 5.97 Å². The van der Waals surface area contributed by atoms with Crippen molar-refractivity contribution in [1.29, 1.82) is 0 Å². The molecule has 1 heterocycles. The molecule has 1 aromatic carbocycles. The van der Waals surface area contributed by atoms with Crippen molar-refractivity contribution in [2.45, 2.75) is 9.24 Å². The minimum absolute atomic E-state index is 0.392. The maximum absolute atomic E-state index is 11.6. The third-order valence-electron chi connectivity index (χ3n) is 2.02. The highest BCUT2D eigenvalue weighted by molar-refractivity contribution is 8.01. The number of nitrogens with two attached hydrogens (primary N) is 1. The number of aromatic nitrogens is 1. The topological polar surface area (TPSA) is 65.2 Å². The number of thiazole rings is 1. The molecule has 2 N–H and O–H groups in total. The Balaban J connectivity index is 2.35. The van der Waals surface area contributed by atoms with Gasteiger partial charge in [-0.05, 0) is 18.2 Å². The highest BCUT2D eigenvalue weighted by Crippen LogP contribution is 2.32. The van der Waals surface area contributed by atoms with Gasteiger partial charge in [0, 0.05) is 22.2 Å². The Bertz CT molecular complexity index is 526. The quantitative estimate of drug-likeness (QED) is 0.683. The van der Waals surface area contributed by atoms with Gasteiger partial charge in [-0.15, -0.1) is 11.3 Å². The summed E-state index contributed by atoms with van der Waals surface area (Å²) in [4.78, 5) is 16.6. The van der Waals surface area contributed by atoms with E-state index in [4.69, 9.17) is 10.5 Å².